The van der Waals surface area contributed by atoms with E-state index in [9.17, 15) is 18.0 Å². The number of benzene rings is 1. The summed E-state index contributed by atoms with van der Waals surface area (Å²) in [6.45, 7) is 2.77. The molecule has 0 fully saturated rings. The second-order valence-corrected chi connectivity index (χ2v) is 6.85. The van der Waals surface area contributed by atoms with Crippen LogP contribution in [0.3, 0.4) is 0 Å². The van der Waals surface area contributed by atoms with E-state index in [0.717, 1.165) is 18.6 Å². The van der Waals surface area contributed by atoms with Crippen LogP contribution in [-0.4, -0.2) is 38.9 Å². The fraction of sp³-hybridized carbons (Fsp3) is 0.316. The molecule has 28 heavy (non-hydrogen) atoms. The third kappa shape index (κ3) is 4.11. The molecule has 0 aliphatic heterocycles. The van der Waals surface area contributed by atoms with E-state index >= 15 is 0 Å². The Hall–Kier alpha value is -2.61. The summed E-state index contributed by atoms with van der Waals surface area (Å²) in [5.41, 5.74) is 1.21. The van der Waals surface area contributed by atoms with Gasteiger partial charge in [0.25, 0.3) is 0 Å². The number of fused-ring (bicyclic) bond motifs is 1. The Morgan fingerprint density at radius 3 is 2.64 bits per heavy atom. The number of imidazole rings is 1. The maximum Gasteiger partial charge on any atom is 0.416 e. The molecule has 2 aromatic heterocycles. The Morgan fingerprint density at radius 1 is 1.25 bits per heavy atom. The molecule has 0 radical (unpaired) electrons. The maximum atomic E-state index is 12.8. The molecule has 0 bridgehead atoms. The molecule has 0 N–H and O–H groups in total. The molecule has 0 aliphatic rings. The minimum Gasteiger partial charge on any atom is -0.344 e. The first kappa shape index (κ1) is 20.1. The van der Waals surface area contributed by atoms with Crippen LogP contribution < -0.4 is 0 Å². The van der Waals surface area contributed by atoms with Gasteiger partial charge in [0.15, 0.2) is 5.65 Å². The van der Waals surface area contributed by atoms with Crippen LogP contribution in [-0.2, 0) is 17.5 Å². The summed E-state index contributed by atoms with van der Waals surface area (Å²) < 4.78 is 40.1. The van der Waals surface area contributed by atoms with Gasteiger partial charge in [-0.2, -0.15) is 13.2 Å². The number of hydrogen-bond donors (Lipinski definition) is 0. The van der Waals surface area contributed by atoms with Crippen LogP contribution in [0.2, 0.25) is 5.02 Å². The molecular weight excluding hydrogens is 393 g/mol. The van der Waals surface area contributed by atoms with E-state index in [1.165, 1.54) is 18.6 Å². The molecule has 3 aromatic rings. The van der Waals surface area contributed by atoms with Crippen LogP contribution in [0.4, 0.5) is 13.2 Å². The number of carbonyl (C=O) groups is 1. The number of rotatable bonds is 5. The molecule has 0 unspecified atom stereocenters. The molecule has 1 aromatic carbocycles. The molecule has 0 atom stereocenters. The van der Waals surface area contributed by atoms with Crippen molar-refractivity contribution in [1.29, 1.82) is 0 Å². The lowest BCUT2D eigenvalue weighted by Crippen LogP contribution is -2.30. The van der Waals surface area contributed by atoms with E-state index < -0.39 is 11.7 Å². The first-order chi connectivity index (χ1) is 13.2. The van der Waals surface area contributed by atoms with E-state index in [4.69, 9.17) is 11.6 Å². The number of amides is 1. The summed E-state index contributed by atoms with van der Waals surface area (Å²) in [5.74, 6) is -0.0576. The number of pyridine rings is 1. The highest BCUT2D eigenvalue weighted by molar-refractivity contribution is 6.33. The highest BCUT2D eigenvalue weighted by Crippen LogP contribution is 2.35. The van der Waals surface area contributed by atoms with Crippen LogP contribution >= 0.6 is 11.6 Å². The summed E-state index contributed by atoms with van der Waals surface area (Å²) in [4.78, 5) is 22.5. The quantitative estimate of drug-likeness (QED) is 0.615. The van der Waals surface area contributed by atoms with Crippen molar-refractivity contribution in [3.05, 3.63) is 47.4 Å². The van der Waals surface area contributed by atoms with Crippen LogP contribution in [0.1, 0.15) is 18.9 Å². The third-order valence-electron chi connectivity index (χ3n) is 4.35. The average molecular weight is 411 g/mol. The van der Waals surface area contributed by atoms with E-state index in [0.29, 0.717) is 28.8 Å². The number of nitrogens with zero attached hydrogens (tertiary/aromatic N) is 4. The summed E-state index contributed by atoms with van der Waals surface area (Å²) in [6.07, 6.45) is -0.564. The van der Waals surface area contributed by atoms with E-state index in [1.54, 1.807) is 22.6 Å². The first-order valence-corrected chi connectivity index (χ1v) is 9.00. The van der Waals surface area contributed by atoms with Crippen molar-refractivity contribution in [2.24, 2.45) is 0 Å². The normalized spacial score (nSPS) is 11.8. The van der Waals surface area contributed by atoms with Gasteiger partial charge < -0.3 is 9.47 Å². The second kappa shape index (κ2) is 7.79. The zero-order valence-electron chi connectivity index (χ0n) is 15.3. The largest absolute Gasteiger partial charge is 0.416 e. The van der Waals surface area contributed by atoms with E-state index in [2.05, 4.69) is 9.97 Å². The number of alkyl halides is 3. The van der Waals surface area contributed by atoms with Crippen LogP contribution in [0.25, 0.3) is 22.3 Å². The summed E-state index contributed by atoms with van der Waals surface area (Å²) >= 11 is 6.06. The molecule has 0 saturated carbocycles. The zero-order chi connectivity index (χ0) is 20.5. The van der Waals surface area contributed by atoms with E-state index in [1.807, 2.05) is 6.92 Å². The molecule has 148 valence electrons. The van der Waals surface area contributed by atoms with Gasteiger partial charge in [-0.05, 0) is 24.6 Å². The number of likely N-dealkylation sites (N-methyl/N-ethyl adjacent to an activating group) is 1. The Balaban J connectivity index is 1.89. The van der Waals surface area contributed by atoms with Gasteiger partial charge in [0.2, 0.25) is 5.91 Å². The summed E-state index contributed by atoms with van der Waals surface area (Å²) in [7, 11) is 1.74. The Morgan fingerprint density at radius 2 is 2.00 bits per heavy atom. The molecular formula is C19H18ClF3N4O. The number of carbonyl (C=O) groups excluding carboxylic acids is 1. The topological polar surface area (TPSA) is 51.0 Å². The van der Waals surface area contributed by atoms with Crippen molar-refractivity contribution in [2.75, 3.05) is 13.6 Å². The van der Waals surface area contributed by atoms with Crippen molar-refractivity contribution in [2.45, 2.75) is 26.1 Å². The smallest absolute Gasteiger partial charge is 0.344 e. The Kier molecular flexibility index (Phi) is 5.60. The van der Waals surface area contributed by atoms with Gasteiger partial charge in [0.1, 0.15) is 12.1 Å². The van der Waals surface area contributed by atoms with Crippen molar-refractivity contribution < 1.29 is 18.0 Å². The lowest BCUT2D eigenvalue weighted by atomic mass is 10.0. The third-order valence-corrected chi connectivity index (χ3v) is 4.67. The van der Waals surface area contributed by atoms with Crippen LogP contribution in [0.15, 0.2) is 36.8 Å². The van der Waals surface area contributed by atoms with Crippen molar-refractivity contribution in [3.63, 3.8) is 0 Å². The molecule has 0 spiro atoms. The molecule has 0 saturated heterocycles. The predicted molar refractivity (Wildman–Crippen MR) is 101 cm³/mol. The fourth-order valence-electron chi connectivity index (χ4n) is 2.86. The maximum absolute atomic E-state index is 12.8. The van der Waals surface area contributed by atoms with Gasteiger partial charge in [-0.15, -0.1) is 0 Å². The minimum atomic E-state index is -4.46. The summed E-state index contributed by atoms with van der Waals surface area (Å²) in [5, 5.41) is -0.0215. The highest BCUT2D eigenvalue weighted by atomic mass is 35.5. The average Bonchev–Trinajstić information content (AvgIpc) is 3.03. The second-order valence-electron chi connectivity index (χ2n) is 6.45. The van der Waals surface area contributed by atoms with Gasteiger partial charge >= 0.3 is 6.18 Å². The molecule has 1 amide bonds. The molecule has 2 heterocycles. The number of aromatic nitrogens is 3. The van der Waals surface area contributed by atoms with Gasteiger partial charge in [-0.1, -0.05) is 24.6 Å². The predicted octanol–water partition coefficient (Wildman–Crippen LogP) is 4.64. The fourth-order valence-corrected chi connectivity index (χ4v) is 3.15. The highest BCUT2D eigenvalue weighted by Gasteiger charge is 2.31. The summed E-state index contributed by atoms with van der Waals surface area (Å²) in [6, 6.07) is 4.87. The molecule has 9 heteroatoms. The van der Waals surface area contributed by atoms with Crippen molar-refractivity contribution >= 4 is 28.7 Å². The Bertz CT molecular complexity index is 1020. The minimum absolute atomic E-state index is 0.0215. The van der Waals surface area contributed by atoms with Crippen LogP contribution in [0, 0.1) is 0 Å². The zero-order valence-corrected chi connectivity index (χ0v) is 16.1. The van der Waals surface area contributed by atoms with Crippen molar-refractivity contribution in [3.8, 4) is 11.1 Å². The molecule has 0 aliphatic carbocycles. The molecule has 5 nitrogen and oxygen atoms in total. The van der Waals surface area contributed by atoms with E-state index in [-0.39, 0.29) is 17.5 Å². The SMILES string of the molecule is CCCN(C)C(=O)Cn1cnc2cc(-c3ccc(C(F)(F)F)cc3Cl)cnc21. The lowest BCUT2D eigenvalue weighted by molar-refractivity contribution is -0.137. The lowest BCUT2D eigenvalue weighted by Gasteiger charge is -2.16. The first-order valence-electron chi connectivity index (χ1n) is 8.62. The van der Waals surface area contributed by atoms with Crippen LogP contribution in [0.5, 0.6) is 0 Å². The number of hydrogen-bond acceptors (Lipinski definition) is 3. The Labute approximate surface area is 164 Å². The monoisotopic (exact) mass is 410 g/mol. The van der Waals surface area contributed by atoms with Crippen molar-refractivity contribution in [1.82, 2.24) is 19.4 Å². The number of halogens is 4. The van der Waals surface area contributed by atoms with Gasteiger partial charge in [0, 0.05) is 35.9 Å². The van der Waals surface area contributed by atoms with Gasteiger partial charge in [0.05, 0.1) is 11.9 Å². The molecule has 3 rings (SSSR count). The standard InChI is InChI=1S/C19H18ClF3N4O/c1-3-6-26(2)17(28)10-27-11-25-16-7-12(9-24-18(16)27)14-5-4-13(8-15(14)20)19(21,22)23/h4-5,7-9,11H,3,6,10H2,1-2H3. The van der Waals surface area contributed by atoms with Gasteiger partial charge in [-0.25, -0.2) is 9.97 Å². The van der Waals surface area contributed by atoms with Gasteiger partial charge in [-0.3, -0.25) is 4.79 Å².